The lowest BCUT2D eigenvalue weighted by Crippen LogP contribution is -2.34. The number of esters is 1. The van der Waals surface area contributed by atoms with Crippen LogP contribution in [0, 0.1) is 0 Å². The Balaban J connectivity index is 1.66. The van der Waals surface area contributed by atoms with E-state index >= 15 is 0 Å². The van der Waals surface area contributed by atoms with E-state index in [9.17, 15) is 4.79 Å². The first-order valence-electron chi connectivity index (χ1n) is 7.24. The largest absolute Gasteiger partial charge is 0.468 e. The molecule has 2 atom stereocenters. The van der Waals surface area contributed by atoms with Crippen molar-refractivity contribution in [3.05, 3.63) is 0 Å². The zero-order valence-electron chi connectivity index (χ0n) is 11.7. The van der Waals surface area contributed by atoms with Crippen molar-refractivity contribution in [2.75, 3.05) is 18.6 Å². The van der Waals surface area contributed by atoms with Gasteiger partial charge in [0.2, 0.25) is 0 Å². The number of hydrogen-bond donors (Lipinski definition) is 1. The first-order chi connectivity index (χ1) is 9.15. The number of ether oxygens (including phenoxy) is 2. The Morgan fingerprint density at radius 2 is 2.16 bits per heavy atom. The highest BCUT2D eigenvalue weighted by atomic mass is 32.2. The van der Waals surface area contributed by atoms with E-state index in [1.807, 2.05) is 0 Å². The highest BCUT2D eigenvalue weighted by Gasteiger charge is 2.40. The van der Waals surface area contributed by atoms with E-state index in [1.54, 1.807) is 11.8 Å². The van der Waals surface area contributed by atoms with Crippen molar-refractivity contribution in [3.63, 3.8) is 0 Å². The third-order valence-electron chi connectivity index (χ3n) is 4.21. The molecule has 0 radical (unpaired) electrons. The highest BCUT2D eigenvalue weighted by Crippen LogP contribution is 2.42. The molecule has 2 N–H and O–H groups in total. The van der Waals surface area contributed by atoms with Gasteiger partial charge in [-0.3, -0.25) is 4.79 Å². The van der Waals surface area contributed by atoms with Crippen LogP contribution in [0.5, 0.6) is 0 Å². The molecule has 1 heterocycles. The molecule has 2 rings (SSSR count). The molecule has 110 valence electrons. The van der Waals surface area contributed by atoms with Gasteiger partial charge in [-0.1, -0.05) is 19.3 Å². The lowest BCUT2D eigenvalue weighted by Gasteiger charge is -2.33. The second-order valence-corrected chi connectivity index (χ2v) is 6.76. The van der Waals surface area contributed by atoms with Gasteiger partial charge in [-0.15, -0.1) is 0 Å². The summed E-state index contributed by atoms with van der Waals surface area (Å²) >= 11 is 1.70. The van der Waals surface area contributed by atoms with Gasteiger partial charge in [-0.05, 0) is 25.7 Å². The van der Waals surface area contributed by atoms with Gasteiger partial charge in [0.25, 0.3) is 0 Å². The van der Waals surface area contributed by atoms with Gasteiger partial charge in [0.1, 0.15) is 6.04 Å². The first-order valence-corrected chi connectivity index (χ1v) is 8.40. The van der Waals surface area contributed by atoms with Crippen molar-refractivity contribution in [2.45, 2.75) is 62.7 Å². The number of thioether (sulfide) groups is 1. The van der Waals surface area contributed by atoms with E-state index in [0.29, 0.717) is 11.9 Å². The molecular formula is C14H25NO3S. The standard InChI is InChI=1S/C14H25NO3S/c1-17-13(16)12(15)10-19-9-11-5-8-14(18-11)6-3-2-4-7-14/h11-12H,2-10,15H2,1H3. The molecule has 1 aliphatic heterocycles. The fraction of sp³-hybridized carbons (Fsp3) is 0.929. The summed E-state index contributed by atoms with van der Waals surface area (Å²) in [5, 5.41) is 0. The van der Waals surface area contributed by atoms with Crippen molar-refractivity contribution in [1.82, 2.24) is 0 Å². The minimum atomic E-state index is -0.514. The second-order valence-electron chi connectivity index (χ2n) is 5.69. The highest BCUT2D eigenvalue weighted by molar-refractivity contribution is 7.99. The molecular weight excluding hydrogens is 262 g/mol. The van der Waals surface area contributed by atoms with Crippen LogP contribution in [-0.4, -0.2) is 42.3 Å². The molecule has 5 heteroatoms. The third kappa shape index (κ3) is 4.10. The minimum absolute atomic E-state index is 0.188. The summed E-state index contributed by atoms with van der Waals surface area (Å²) in [5.41, 5.74) is 5.90. The molecule has 0 amide bonds. The molecule has 0 bridgehead atoms. The van der Waals surface area contributed by atoms with Gasteiger partial charge in [0.05, 0.1) is 18.8 Å². The third-order valence-corrected chi connectivity index (χ3v) is 5.41. The molecule has 0 aromatic rings. The fourth-order valence-corrected chi connectivity index (χ4v) is 4.15. The molecule has 1 saturated carbocycles. The van der Waals surface area contributed by atoms with E-state index in [-0.39, 0.29) is 11.6 Å². The summed E-state index contributed by atoms with van der Waals surface area (Å²) in [5.74, 6) is 1.22. The van der Waals surface area contributed by atoms with Crippen LogP contribution in [0.3, 0.4) is 0 Å². The topological polar surface area (TPSA) is 61.5 Å². The summed E-state index contributed by atoms with van der Waals surface area (Å²) < 4.78 is 10.9. The summed E-state index contributed by atoms with van der Waals surface area (Å²) in [6, 6.07) is -0.514. The number of methoxy groups -OCH3 is 1. The smallest absolute Gasteiger partial charge is 0.323 e. The predicted octanol–water partition coefficient (Wildman–Crippen LogP) is 2.10. The fourth-order valence-electron chi connectivity index (χ4n) is 3.12. The predicted molar refractivity (Wildman–Crippen MR) is 77.2 cm³/mol. The quantitative estimate of drug-likeness (QED) is 0.785. The van der Waals surface area contributed by atoms with Crippen LogP contribution in [-0.2, 0) is 14.3 Å². The van der Waals surface area contributed by atoms with Crippen LogP contribution >= 0.6 is 11.8 Å². The average molecular weight is 287 g/mol. The molecule has 1 spiro atoms. The Bertz CT molecular complexity index is 305. The molecule has 1 saturated heterocycles. The maximum absolute atomic E-state index is 11.2. The van der Waals surface area contributed by atoms with Gasteiger partial charge in [0, 0.05) is 11.5 Å². The number of carbonyl (C=O) groups excluding carboxylic acids is 1. The van der Waals surface area contributed by atoms with E-state index in [4.69, 9.17) is 10.5 Å². The van der Waals surface area contributed by atoms with Crippen molar-refractivity contribution in [3.8, 4) is 0 Å². The number of nitrogens with two attached hydrogens (primary N) is 1. The molecule has 0 aromatic carbocycles. The Morgan fingerprint density at radius 1 is 1.42 bits per heavy atom. The van der Waals surface area contributed by atoms with Crippen LogP contribution in [0.1, 0.15) is 44.9 Å². The van der Waals surface area contributed by atoms with Crippen molar-refractivity contribution in [1.29, 1.82) is 0 Å². The minimum Gasteiger partial charge on any atom is -0.468 e. The number of carbonyl (C=O) groups is 1. The Hall–Kier alpha value is -0.260. The number of hydrogen-bond acceptors (Lipinski definition) is 5. The Kier molecular flexibility index (Phi) is 5.54. The van der Waals surface area contributed by atoms with E-state index in [0.717, 1.165) is 12.2 Å². The molecule has 0 aromatic heterocycles. The lowest BCUT2D eigenvalue weighted by atomic mass is 9.83. The molecule has 2 fully saturated rings. The average Bonchev–Trinajstić information content (AvgIpc) is 2.81. The van der Waals surface area contributed by atoms with Crippen LogP contribution < -0.4 is 5.73 Å². The summed E-state index contributed by atoms with van der Waals surface area (Å²) in [7, 11) is 1.37. The van der Waals surface area contributed by atoms with E-state index < -0.39 is 6.04 Å². The van der Waals surface area contributed by atoms with Crippen LogP contribution in [0.4, 0.5) is 0 Å². The van der Waals surface area contributed by atoms with Crippen LogP contribution in [0.15, 0.2) is 0 Å². The Morgan fingerprint density at radius 3 is 2.84 bits per heavy atom. The normalized spacial score (nSPS) is 27.4. The van der Waals surface area contributed by atoms with Crippen LogP contribution in [0.2, 0.25) is 0 Å². The molecule has 4 nitrogen and oxygen atoms in total. The second kappa shape index (κ2) is 6.95. The van der Waals surface area contributed by atoms with E-state index in [1.165, 1.54) is 45.6 Å². The maximum Gasteiger partial charge on any atom is 0.323 e. The SMILES string of the molecule is COC(=O)C(N)CSCC1CCC2(CCCCC2)O1. The first kappa shape index (κ1) is 15.1. The van der Waals surface area contributed by atoms with Crippen molar-refractivity contribution in [2.24, 2.45) is 5.73 Å². The summed E-state index contributed by atoms with van der Waals surface area (Å²) in [4.78, 5) is 11.2. The maximum atomic E-state index is 11.2. The summed E-state index contributed by atoms with van der Waals surface area (Å²) in [6.07, 6.45) is 9.15. The van der Waals surface area contributed by atoms with Gasteiger partial charge in [-0.2, -0.15) is 11.8 Å². The van der Waals surface area contributed by atoms with Crippen molar-refractivity contribution >= 4 is 17.7 Å². The zero-order chi connectivity index (χ0) is 13.7. The van der Waals surface area contributed by atoms with Crippen LogP contribution in [0.25, 0.3) is 0 Å². The molecule has 2 unspecified atom stereocenters. The Labute approximate surface area is 119 Å². The summed E-state index contributed by atoms with van der Waals surface area (Å²) in [6.45, 7) is 0. The zero-order valence-corrected chi connectivity index (χ0v) is 12.5. The van der Waals surface area contributed by atoms with Gasteiger partial charge in [-0.25, -0.2) is 0 Å². The van der Waals surface area contributed by atoms with Gasteiger partial charge < -0.3 is 15.2 Å². The number of rotatable bonds is 5. The van der Waals surface area contributed by atoms with Gasteiger partial charge in [0.15, 0.2) is 0 Å². The van der Waals surface area contributed by atoms with Crippen molar-refractivity contribution < 1.29 is 14.3 Å². The van der Waals surface area contributed by atoms with E-state index in [2.05, 4.69) is 4.74 Å². The monoisotopic (exact) mass is 287 g/mol. The lowest BCUT2D eigenvalue weighted by molar-refractivity contribution is -0.141. The molecule has 2 aliphatic rings. The molecule has 19 heavy (non-hydrogen) atoms. The molecule has 1 aliphatic carbocycles. The van der Waals surface area contributed by atoms with Gasteiger partial charge >= 0.3 is 5.97 Å².